The molecule has 176 valence electrons. The second kappa shape index (κ2) is 11.5. The molecule has 7 heteroatoms. The molecule has 0 N–H and O–H groups in total. The van der Waals surface area contributed by atoms with Crippen LogP contribution in [0.25, 0.3) is 23.0 Å². The number of benzene rings is 2. The third kappa shape index (κ3) is 5.59. The molecular weight excluding hydrogens is 462 g/mol. The lowest BCUT2D eigenvalue weighted by Crippen LogP contribution is -2.28. The zero-order chi connectivity index (χ0) is 23.9. The van der Waals surface area contributed by atoms with Crippen molar-refractivity contribution in [1.29, 1.82) is 0 Å². The number of unbranched alkanes of at least 4 members (excludes halogenated alkanes) is 2. The minimum atomic E-state index is -0.0264. The summed E-state index contributed by atoms with van der Waals surface area (Å²) in [6, 6.07) is 17.9. The summed E-state index contributed by atoms with van der Waals surface area (Å²) < 4.78 is 8.29. The molecule has 5 nitrogen and oxygen atoms in total. The number of amides is 1. The molecule has 1 aromatic heterocycles. The quantitative estimate of drug-likeness (QED) is 0.179. The van der Waals surface area contributed by atoms with Crippen molar-refractivity contribution in [2.24, 2.45) is 0 Å². The Kier molecular flexibility index (Phi) is 8.19. The first-order valence-electron chi connectivity index (χ1n) is 11.7. The van der Waals surface area contributed by atoms with E-state index in [1.807, 2.05) is 71.6 Å². The third-order valence-electron chi connectivity index (χ3n) is 5.55. The van der Waals surface area contributed by atoms with E-state index in [1.54, 1.807) is 4.90 Å². The average Bonchev–Trinajstić information content (AvgIpc) is 3.39. The average molecular weight is 492 g/mol. The van der Waals surface area contributed by atoms with E-state index in [0.717, 1.165) is 53.9 Å². The maximum atomic E-state index is 13.0. The van der Waals surface area contributed by atoms with Gasteiger partial charge in [0.1, 0.15) is 10.1 Å². The Morgan fingerprint density at radius 3 is 2.47 bits per heavy atom. The fourth-order valence-electron chi connectivity index (χ4n) is 3.62. The molecule has 0 bridgehead atoms. The molecule has 1 amide bonds. The smallest absolute Gasteiger partial charge is 0.266 e. The van der Waals surface area contributed by atoms with Crippen LogP contribution in [0.5, 0.6) is 5.75 Å². The van der Waals surface area contributed by atoms with Crippen LogP contribution in [-0.4, -0.2) is 38.1 Å². The van der Waals surface area contributed by atoms with E-state index in [1.165, 1.54) is 11.8 Å². The van der Waals surface area contributed by atoms with Crippen LogP contribution in [0, 0.1) is 0 Å². The largest absolute Gasteiger partial charge is 0.494 e. The molecular formula is C27H29N3O2S2. The summed E-state index contributed by atoms with van der Waals surface area (Å²) in [6.07, 6.45) is 7.96. The third-order valence-corrected chi connectivity index (χ3v) is 6.93. The van der Waals surface area contributed by atoms with Crippen LogP contribution >= 0.6 is 24.0 Å². The predicted octanol–water partition coefficient (Wildman–Crippen LogP) is 6.72. The number of nitrogens with zero attached hydrogens (tertiary/aromatic N) is 3. The van der Waals surface area contributed by atoms with Gasteiger partial charge in [0, 0.05) is 23.9 Å². The number of thiocarbonyl (C=S) groups is 1. The van der Waals surface area contributed by atoms with E-state index in [2.05, 4.69) is 13.8 Å². The topological polar surface area (TPSA) is 47.4 Å². The zero-order valence-corrected chi connectivity index (χ0v) is 21.2. The van der Waals surface area contributed by atoms with Gasteiger partial charge in [0.15, 0.2) is 0 Å². The Morgan fingerprint density at radius 1 is 1.03 bits per heavy atom. The van der Waals surface area contributed by atoms with Crippen molar-refractivity contribution in [1.82, 2.24) is 14.7 Å². The van der Waals surface area contributed by atoms with Gasteiger partial charge < -0.3 is 4.74 Å². The van der Waals surface area contributed by atoms with Gasteiger partial charge in [-0.1, -0.05) is 68.9 Å². The number of para-hydroxylation sites is 1. The molecule has 4 rings (SSSR count). The van der Waals surface area contributed by atoms with Gasteiger partial charge in [-0.2, -0.15) is 5.10 Å². The lowest BCUT2D eigenvalue weighted by Gasteiger charge is -2.12. The molecule has 1 aliphatic heterocycles. The normalized spacial score (nSPS) is 14.9. The van der Waals surface area contributed by atoms with Crippen LogP contribution in [0.3, 0.4) is 0 Å². The first-order valence-corrected chi connectivity index (χ1v) is 13.0. The Hall–Kier alpha value is -2.90. The van der Waals surface area contributed by atoms with Gasteiger partial charge in [0.25, 0.3) is 5.91 Å². The van der Waals surface area contributed by atoms with Crippen molar-refractivity contribution in [3.63, 3.8) is 0 Å². The van der Waals surface area contributed by atoms with Gasteiger partial charge in [-0.3, -0.25) is 9.69 Å². The molecule has 1 saturated heterocycles. The summed E-state index contributed by atoms with van der Waals surface area (Å²) in [4.78, 5) is 15.4. The Labute approximate surface area is 210 Å². The van der Waals surface area contributed by atoms with Gasteiger partial charge in [-0.25, -0.2) is 4.68 Å². The van der Waals surface area contributed by atoms with Crippen LogP contribution in [0.15, 0.2) is 65.7 Å². The van der Waals surface area contributed by atoms with Crippen LogP contribution in [0.4, 0.5) is 0 Å². The van der Waals surface area contributed by atoms with Crippen molar-refractivity contribution in [3.05, 3.63) is 71.3 Å². The number of hydrogen-bond acceptors (Lipinski definition) is 5. The minimum Gasteiger partial charge on any atom is -0.494 e. The number of carbonyl (C=O) groups is 1. The van der Waals surface area contributed by atoms with Crippen LogP contribution < -0.4 is 4.74 Å². The number of rotatable bonds is 10. The molecule has 1 aliphatic rings. The molecule has 2 heterocycles. The molecule has 0 radical (unpaired) electrons. The molecule has 0 atom stereocenters. The maximum absolute atomic E-state index is 13.0. The number of thioether (sulfide) groups is 1. The summed E-state index contributed by atoms with van der Waals surface area (Å²) in [5, 5.41) is 4.87. The molecule has 0 unspecified atom stereocenters. The molecule has 2 aromatic carbocycles. The van der Waals surface area contributed by atoms with Crippen LogP contribution in [0.1, 0.15) is 45.1 Å². The monoisotopic (exact) mass is 491 g/mol. The van der Waals surface area contributed by atoms with Gasteiger partial charge in [0.2, 0.25) is 0 Å². The van der Waals surface area contributed by atoms with E-state index in [0.29, 0.717) is 22.4 Å². The molecule has 34 heavy (non-hydrogen) atoms. The van der Waals surface area contributed by atoms with Gasteiger partial charge >= 0.3 is 0 Å². The number of hydrogen-bond donors (Lipinski definition) is 0. The predicted molar refractivity (Wildman–Crippen MR) is 144 cm³/mol. The fraction of sp³-hybridized carbons (Fsp3) is 0.296. The highest BCUT2D eigenvalue weighted by atomic mass is 32.2. The molecule has 1 fully saturated rings. The van der Waals surface area contributed by atoms with E-state index in [4.69, 9.17) is 22.1 Å². The zero-order valence-electron chi connectivity index (χ0n) is 19.6. The maximum Gasteiger partial charge on any atom is 0.266 e. The fourth-order valence-corrected chi connectivity index (χ4v) is 4.92. The first kappa shape index (κ1) is 24.2. The van der Waals surface area contributed by atoms with Crippen molar-refractivity contribution < 1.29 is 9.53 Å². The highest BCUT2D eigenvalue weighted by Gasteiger charge is 2.31. The van der Waals surface area contributed by atoms with E-state index < -0.39 is 0 Å². The van der Waals surface area contributed by atoms with Crippen molar-refractivity contribution >= 4 is 40.3 Å². The molecule has 0 aliphatic carbocycles. The van der Waals surface area contributed by atoms with Crippen molar-refractivity contribution in [3.8, 4) is 22.7 Å². The van der Waals surface area contributed by atoms with Gasteiger partial charge in [-0.15, -0.1) is 0 Å². The summed E-state index contributed by atoms with van der Waals surface area (Å²) in [6.45, 7) is 5.63. The SMILES string of the molecule is CCCCOc1ccc(-c2nn(-c3ccccc3)cc2/C=C2\SC(=S)N(CCCC)C2=O)cc1. The highest BCUT2D eigenvalue weighted by molar-refractivity contribution is 8.26. The number of carbonyl (C=O) groups excluding carboxylic acids is 1. The molecule has 0 spiro atoms. The van der Waals surface area contributed by atoms with Crippen molar-refractivity contribution in [2.45, 2.75) is 39.5 Å². The Balaban J connectivity index is 1.68. The summed E-state index contributed by atoms with van der Waals surface area (Å²) >= 11 is 6.84. The van der Waals surface area contributed by atoms with E-state index in [-0.39, 0.29) is 5.91 Å². The van der Waals surface area contributed by atoms with Gasteiger partial charge in [-0.05, 0) is 55.3 Å². The Bertz CT molecular complexity index is 1170. The Morgan fingerprint density at radius 2 is 1.76 bits per heavy atom. The first-order chi connectivity index (χ1) is 16.6. The second-order valence-electron chi connectivity index (χ2n) is 8.13. The lowest BCUT2D eigenvalue weighted by molar-refractivity contribution is -0.122. The summed E-state index contributed by atoms with van der Waals surface area (Å²) in [5.74, 6) is 0.819. The number of aromatic nitrogens is 2. The standard InChI is InChI=1S/C27H29N3O2S2/c1-3-5-16-29-26(31)24(34-27(29)33)18-21-19-30(22-10-8-7-9-11-22)28-25(21)20-12-14-23(15-13-20)32-17-6-4-2/h7-15,18-19H,3-6,16-17H2,1-2H3/b24-18-. The summed E-state index contributed by atoms with van der Waals surface area (Å²) in [5.41, 5.74) is 3.60. The summed E-state index contributed by atoms with van der Waals surface area (Å²) in [7, 11) is 0. The van der Waals surface area contributed by atoms with Gasteiger partial charge in [0.05, 0.1) is 22.9 Å². The van der Waals surface area contributed by atoms with Crippen LogP contribution in [0.2, 0.25) is 0 Å². The lowest BCUT2D eigenvalue weighted by atomic mass is 10.1. The van der Waals surface area contributed by atoms with Crippen molar-refractivity contribution in [2.75, 3.05) is 13.2 Å². The highest BCUT2D eigenvalue weighted by Crippen LogP contribution is 2.35. The molecule has 0 saturated carbocycles. The second-order valence-corrected chi connectivity index (χ2v) is 9.80. The molecule has 3 aromatic rings. The van der Waals surface area contributed by atoms with E-state index in [9.17, 15) is 4.79 Å². The number of ether oxygens (including phenoxy) is 1. The van der Waals surface area contributed by atoms with Crippen LogP contribution in [-0.2, 0) is 4.79 Å². The van der Waals surface area contributed by atoms with E-state index >= 15 is 0 Å². The minimum absolute atomic E-state index is 0.0264.